The van der Waals surface area contributed by atoms with Crippen molar-refractivity contribution in [1.29, 1.82) is 0 Å². The second kappa shape index (κ2) is 21.4. The Bertz CT molecular complexity index is 1330. The molecule has 0 saturated carbocycles. The summed E-state index contributed by atoms with van der Waals surface area (Å²) < 4.78 is 54.4. The standard InChI is InChI=1S/C32H55NO27/c33-1-2-51-28-18(45)13(40)22(8(4-35)53-28)56-30-19(46)14(41)23(9(5-36)54-30)57-31-20(47)15(42)24(10(6-37)55-31)58-32-21(48)16(43)25(26(60-32)27(49)50)59-29-17(44)12(39)11(38)7(3-34)52-29/h7-26,28-32,34-48H,1-6,33H2,(H,49,50)/t7?,8?,9?,10?,11-,12-,13+,14+,15?,16?,17?,18?,19?,20-,21-,22-,23+,24+,25-,26?,28-,29+,30+,31-,32+/m0/s1. The van der Waals surface area contributed by atoms with Crippen LogP contribution in [-0.4, -0.2) is 281 Å². The second-order valence-electron chi connectivity index (χ2n) is 14.6. The Hall–Kier alpha value is -1.57. The molecule has 5 fully saturated rings. The van der Waals surface area contributed by atoms with E-state index in [-0.39, 0.29) is 13.2 Å². The molecule has 25 atom stereocenters. The van der Waals surface area contributed by atoms with Crippen LogP contribution in [-0.2, 0) is 52.2 Å². The van der Waals surface area contributed by atoms with Gasteiger partial charge in [0.05, 0.1) is 33.0 Å². The quantitative estimate of drug-likeness (QED) is 0.0684. The molecule has 5 rings (SSSR count). The van der Waals surface area contributed by atoms with Crippen LogP contribution < -0.4 is 5.73 Å². The zero-order valence-electron chi connectivity index (χ0n) is 31.4. The molecule has 0 bridgehead atoms. The Morgan fingerprint density at radius 1 is 0.417 bits per heavy atom. The SMILES string of the molecule is NCCO[C@H]1OC(CO)[C@H](O[C@H]2OC(CO)[C@@H](O[C@@H]3OC(CO)[C@@H](O[C@@H]4OC(C(=O)O)[C@@H](O[C@H]5OC(CO)[C@H](O)[C@H](O)C5O)C(O)[C@@H]4O)C(O)[C@@H]3O)[C@H](O)C2O)[C@H](O)C1O. The minimum atomic E-state index is -2.25. The maximum atomic E-state index is 12.2. The minimum absolute atomic E-state index is 0.0344. The van der Waals surface area contributed by atoms with Crippen LogP contribution in [0.4, 0.5) is 0 Å². The van der Waals surface area contributed by atoms with E-state index in [0.717, 1.165) is 0 Å². The maximum Gasteiger partial charge on any atom is 0.335 e. The summed E-state index contributed by atoms with van der Waals surface area (Å²) in [6, 6.07) is 0. The van der Waals surface area contributed by atoms with E-state index in [4.69, 9.17) is 53.1 Å². The van der Waals surface area contributed by atoms with Gasteiger partial charge in [-0.2, -0.15) is 0 Å². The van der Waals surface area contributed by atoms with Crippen molar-refractivity contribution in [3.05, 3.63) is 0 Å². The molecule has 350 valence electrons. The lowest BCUT2D eigenvalue weighted by molar-refractivity contribution is -0.391. The van der Waals surface area contributed by atoms with Crippen molar-refractivity contribution in [1.82, 2.24) is 0 Å². The summed E-state index contributed by atoms with van der Waals surface area (Å²) >= 11 is 0. The number of hydrogen-bond acceptors (Lipinski definition) is 27. The van der Waals surface area contributed by atoms with Crippen LogP contribution >= 0.6 is 0 Å². The van der Waals surface area contributed by atoms with Crippen LogP contribution in [0.5, 0.6) is 0 Å². The third-order valence-corrected chi connectivity index (χ3v) is 10.7. The van der Waals surface area contributed by atoms with Gasteiger partial charge in [-0.25, -0.2) is 4.79 Å². The lowest BCUT2D eigenvalue weighted by atomic mass is 9.95. The fourth-order valence-corrected chi connectivity index (χ4v) is 7.31. The Labute approximate surface area is 338 Å². The predicted octanol–water partition coefficient (Wildman–Crippen LogP) is -11.8. The summed E-state index contributed by atoms with van der Waals surface area (Å²) in [6.45, 7) is -3.73. The molecule has 60 heavy (non-hydrogen) atoms. The van der Waals surface area contributed by atoms with Gasteiger partial charge in [0.25, 0.3) is 0 Å². The Balaban J connectivity index is 1.23. The van der Waals surface area contributed by atoms with Gasteiger partial charge in [0.2, 0.25) is 0 Å². The molecule has 28 heteroatoms. The Morgan fingerprint density at radius 3 is 1.12 bits per heavy atom. The van der Waals surface area contributed by atoms with Crippen LogP contribution in [0, 0.1) is 0 Å². The highest BCUT2D eigenvalue weighted by Gasteiger charge is 2.57. The number of aliphatic hydroxyl groups is 15. The molecule has 0 radical (unpaired) electrons. The normalized spacial score (nSPS) is 50.4. The van der Waals surface area contributed by atoms with Crippen molar-refractivity contribution in [3.8, 4) is 0 Å². The van der Waals surface area contributed by atoms with Gasteiger partial charge < -0.3 is 135 Å². The van der Waals surface area contributed by atoms with Gasteiger partial charge in [0.1, 0.15) is 116 Å². The summed E-state index contributed by atoms with van der Waals surface area (Å²) in [6.07, 6.45) is -47.7. The summed E-state index contributed by atoms with van der Waals surface area (Å²) in [5.74, 6) is -1.84. The smallest absolute Gasteiger partial charge is 0.335 e. The van der Waals surface area contributed by atoms with Crippen LogP contribution in [0.2, 0.25) is 0 Å². The van der Waals surface area contributed by atoms with Gasteiger partial charge in [-0.15, -0.1) is 0 Å². The van der Waals surface area contributed by atoms with E-state index >= 15 is 0 Å². The molecule has 0 spiro atoms. The molecule has 0 amide bonds. The molecule has 18 N–H and O–H groups in total. The third-order valence-electron chi connectivity index (χ3n) is 10.7. The summed E-state index contributed by atoms with van der Waals surface area (Å²) in [5, 5.41) is 167. The Kier molecular flexibility index (Phi) is 17.6. The molecule has 5 heterocycles. The number of carboxylic acid groups (broad SMARTS) is 1. The van der Waals surface area contributed by atoms with E-state index in [0.29, 0.717) is 0 Å². The van der Waals surface area contributed by atoms with Crippen LogP contribution in [0.15, 0.2) is 0 Å². The Morgan fingerprint density at radius 2 is 0.733 bits per heavy atom. The molecular formula is C32H55NO27. The highest BCUT2D eigenvalue weighted by atomic mass is 16.8. The van der Waals surface area contributed by atoms with Crippen LogP contribution in [0.3, 0.4) is 0 Å². The van der Waals surface area contributed by atoms with Crippen molar-refractivity contribution < 1.29 is 134 Å². The van der Waals surface area contributed by atoms with E-state index < -0.39 is 186 Å². The molecule has 5 saturated heterocycles. The number of ether oxygens (including phenoxy) is 10. The number of hydrogen-bond donors (Lipinski definition) is 17. The first-order valence-electron chi connectivity index (χ1n) is 18.8. The van der Waals surface area contributed by atoms with Crippen molar-refractivity contribution in [2.24, 2.45) is 5.73 Å². The molecule has 0 aromatic rings. The van der Waals surface area contributed by atoms with Gasteiger partial charge in [-0.1, -0.05) is 0 Å². The maximum absolute atomic E-state index is 12.2. The molecule has 28 nitrogen and oxygen atoms in total. The summed E-state index contributed by atoms with van der Waals surface area (Å²) in [4.78, 5) is 12.2. The van der Waals surface area contributed by atoms with Crippen LogP contribution in [0.1, 0.15) is 0 Å². The monoisotopic (exact) mass is 885 g/mol. The zero-order chi connectivity index (χ0) is 44.3. The van der Waals surface area contributed by atoms with Gasteiger partial charge in [0.15, 0.2) is 37.6 Å². The summed E-state index contributed by atoms with van der Waals surface area (Å²) in [7, 11) is 0. The molecular weight excluding hydrogens is 830 g/mol. The van der Waals surface area contributed by atoms with E-state index in [1.807, 2.05) is 0 Å². The topological polar surface area (TPSA) is 459 Å². The average Bonchev–Trinajstić information content (AvgIpc) is 3.23. The van der Waals surface area contributed by atoms with Gasteiger partial charge in [-0.05, 0) is 0 Å². The molecule has 5 aliphatic rings. The lowest BCUT2D eigenvalue weighted by Gasteiger charge is -2.49. The van der Waals surface area contributed by atoms with E-state index in [1.54, 1.807) is 0 Å². The number of aliphatic hydroxyl groups excluding tert-OH is 15. The highest BCUT2D eigenvalue weighted by molar-refractivity contribution is 5.73. The molecule has 5 aliphatic heterocycles. The van der Waals surface area contributed by atoms with Gasteiger partial charge >= 0.3 is 5.97 Å². The first-order valence-corrected chi connectivity index (χ1v) is 18.8. The van der Waals surface area contributed by atoms with Crippen molar-refractivity contribution in [3.63, 3.8) is 0 Å². The fraction of sp³-hybridized carbons (Fsp3) is 0.969. The lowest BCUT2D eigenvalue weighted by Crippen LogP contribution is -2.68. The van der Waals surface area contributed by atoms with Crippen molar-refractivity contribution in [2.45, 2.75) is 154 Å². The van der Waals surface area contributed by atoms with Gasteiger partial charge in [0, 0.05) is 6.54 Å². The first kappa shape index (κ1) is 49.4. The van der Waals surface area contributed by atoms with Gasteiger partial charge in [-0.3, -0.25) is 0 Å². The number of rotatable bonds is 16. The number of carboxylic acids is 1. The number of carbonyl (C=O) groups is 1. The molecule has 0 aliphatic carbocycles. The largest absolute Gasteiger partial charge is 0.479 e. The van der Waals surface area contributed by atoms with Crippen LogP contribution in [0.25, 0.3) is 0 Å². The predicted molar refractivity (Wildman–Crippen MR) is 180 cm³/mol. The second-order valence-corrected chi connectivity index (χ2v) is 14.6. The summed E-state index contributed by atoms with van der Waals surface area (Å²) in [5.41, 5.74) is 5.39. The molecule has 0 aromatic heterocycles. The van der Waals surface area contributed by atoms with Crippen molar-refractivity contribution >= 4 is 5.97 Å². The highest BCUT2D eigenvalue weighted by Crippen LogP contribution is 2.35. The van der Waals surface area contributed by atoms with E-state index in [2.05, 4.69) is 0 Å². The molecule has 0 aromatic carbocycles. The average molecular weight is 886 g/mol. The number of nitrogens with two attached hydrogens (primary N) is 1. The third kappa shape index (κ3) is 10.2. The minimum Gasteiger partial charge on any atom is -0.479 e. The zero-order valence-corrected chi connectivity index (χ0v) is 31.4. The fourth-order valence-electron chi connectivity index (χ4n) is 7.31. The van der Waals surface area contributed by atoms with E-state index in [1.165, 1.54) is 0 Å². The molecule has 10 unspecified atom stereocenters. The first-order chi connectivity index (χ1) is 28.4. The number of aliphatic carboxylic acids is 1. The van der Waals surface area contributed by atoms with Crippen molar-refractivity contribution in [2.75, 3.05) is 39.6 Å². The van der Waals surface area contributed by atoms with E-state index in [9.17, 15) is 86.5 Å².